The molecular weight excluding hydrogens is 350 g/mol. The van der Waals surface area contributed by atoms with E-state index in [1.54, 1.807) is 19.9 Å². The maximum absolute atomic E-state index is 11.1. The molecule has 0 amide bonds. The van der Waals surface area contributed by atoms with E-state index in [9.17, 15) is 10.1 Å². The number of nitrogens with zero attached hydrogens (tertiary/aromatic N) is 3. The van der Waals surface area contributed by atoms with Gasteiger partial charge < -0.3 is 4.74 Å². The fraction of sp³-hybridized carbons (Fsp3) is 0.167. The van der Waals surface area contributed by atoms with E-state index in [1.165, 1.54) is 12.3 Å². The standard InChI is InChI=1S/C12H9BrClN3O3/c1-6-3-8(13)4-9(17(18)19)10(6)20-11-7(2)5-15-12(14)16-11/h3-5H,1-2H3. The number of nitro benzene ring substituents is 1. The maximum atomic E-state index is 11.1. The molecule has 0 radical (unpaired) electrons. The van der Waals surface area contributed by atoms with Gasteiger partial charge in [-0.1, -0.05) is 15.9 Å². The van der Waals surface area contributed by atoms with Gasteiger partial charge in [-0.15, -0.1) is 0 Å². The van der Waals surface area contributed by atoms with Crippen molar-refractivity contribution < 1.29 is 9.66 Å². The summed E-state index contributed by atoms with van der Waals surface area (Å²) in [5.41, 5.74) is 1.09. The largest absolute Gasteiger partial charge is 0.431 e. The molecule has 0 saturated heterocycles. The number of rotatable bonds is 3. The lowest BCUT2D eigenvalue weighted by atomic mass is 10.2. The third-order valence-electron chi connectivity index (χ3n) is 2.51. The average molecular weight is 359 g/mol. The molecule has 2 rings (SSSR count). The molecule has 0 N–H and O–H groups in total. The Hall–Kier alpha value is -1.73. The Morgan fingerprint density at radius 1 is 1.35 bits per heavy atom. The van der Waals surface area contributed by atoms with E-state index in [0.717, 1.165) is 0 Å². The zero-order chi connectivity index (χ0) is 14.9. The third kappa shape index (κ3) is 3.05. The van der Waals surface area contributed by atoms with Crippen molar-refractivity contribution in [2.75, 3.05) is 0 Å². The molecule has 0 bridgehead atoms. The second-order valence-corrected chi connectivity index (χ2v) is 5.31. The lowest BCUT2D eigenvalue weighted by Gasteiger charge is -2.10. The highest BCUT2D eigenvalue weighted by atomic mass is 79.9. The van der Waals surface area contributed by atoms with Crippen LogP contribution in [0.2, 0.25) is 5.28 Å². The first-order valence-corrected chi connectivity index (χ1v) is 6.67. The summed E-state index contributed by atoms with van der Waals surface area (Å²) >= 11 is 8.93. The molecule has 0 aliphatic carbocycles. The second-order valence-electron chi connectivity index (χ2n) is 4.06. The lowest BCUT2D eigenvalue weighted by Crippen LogP contribution is -1.99. The van der Waals surface area contributed by atoms with Gasteiger partial charge in [0.05, 0.1) is 4.92 Å². The minimum absolute atomic E-state index is 0.0167. The summed E-state index contributed by atoms with van der Waals surface area (Å²) in [5, 5.41) is 11.1. The van der Waals surface area contributed by atoms with Crippen LogP contribution in [0.25, 0.3) is 0 Å². The van der Waals surface area contributed by atoms with Crippen LogP contribution in [-0.2, 0) is 0 Å². The zero-order valence-corrected chi connectivity index (χ0v) is 12.9. The molecular formula is C12H9BrClN3O3. The van der Waals surface area contributed by atoms with E-state index in [2.05, 4.69) is 25.9 Å². The first kappa shape index (κ1) is 14.7. The molecule has 2 aromatic rings. The number of aromatic nitrogens is 2. The van der Waals surface area contributed by atoms with Crippen LogP contribution in [0.15, 0.2) is 22.8 Å². The molecule has 0 unspecified atom stereocenters. The molecule has 8 heteroatoms. The van der Waals surface area contributed by atoms with Gasteiger partial charge in [0.15, 0.2) is 0 Å². The van der Waals surface area contributed by atoms with Crippen molar-refractivity contribution in [3.05, 3.63) is 49.3 Å². The fourth-order valence-corrected chi connectivity index (χ4v) is 2.27. The fourth-order valence-electron chi connectivity index (χ4n) is 1.59. The molecule has 0 atom stereocenters. The predicted octanol–water partition coefficient (Wildman–Crippen LogP) is 4.21. The zero-order valence-electron chi connectivity index (χ0n) is 10.6. The third-order valence-corrected chi connectivity index (χ3v) is 3.15. The molecule has 1 aromatic heterocycles. The van der Waals surface area contributed by atoms with Gasteiger partial charge in [0.25, 0.3) is 0 Å². The summed E-state index contributed by atoms with van der Waals surface area (Å²) in [6, 6.07) is 3.10. The van der Waals surface area contributed by atoms with Crippen LogP contribution in [0.3, 0.4) is 0 Å². The molecule has 0 saturated carbocycles. The summed E-state index contributed by atoms with van der Waals surface area (Å²) in [6.45, 7) is 3.44. The second kappa shape index (κ2) is 5.72. The lowest BCUT2D eigenvalue weighted by molar-refractivity contribution is -0.385. The summed E-state index contributed by atoms with van der Waals surface area (Å²) < 4.78 is 6.17. The van der Waals surface area contributed by atoms with Gasteiger partial charge in [-0.3, -0.25) is 10.1 Å². The van der Waals surface area contributed by atoms with Gasteiger partial charge in [0.1, 0.15) is 0 Å². The van der Waals surface area contributed by atoms with Crippen molar-refractivity contribution in [3.8, 4) is 11.6 Å². The molecule has 1 aromatic carbocycles. The SMILES string of the molecule is Cc1cnc(Cl)nc1Oc1c(C)cc(Br)cc1[N+](=O)[O-]. The number of hydrogen-bond acceptors (Lipinski definition) is 5. The van der Waals surface area contributed by atoms with Crippen LogP contribution in [0.5, 0.6) is 11.6 Å². The summed E-state index contributed by atoms with van der Waals surface area (Å²) in [7, 11) is 0. The van der Waals surface area contributed by atoms with E-state index >= 15 is 0 Å². The Kier molecular flexibility index (Phi) is 4.20. The number of hydrogen-bond donors (Lipinski definition) is 0. The van der Waals surface area contributed by atoms with Crippen LogP contribution < -0.4 is 4.74 Å². The number of ether oxygens (including phenoxy) is 1. The van der Waals surface area contributed by atoms with Crippen molar-refractivity contribution in [1.82, 2.24) is 9.97 Å². The molecule has 0 fully saturated rings. The quantitative estimate of drug-likeness (QED) is 0.466. The molecule has 20 heavy (non-hydrogen) atoms. The van der Waals surface area contributed by atoms with Gasteiger partial charge in [0.2, 0.25) is 16.9 Å². The van der Waals surface area contributed by atoms with Gasteiger partial charge in [0, 0.05) is 27.9 Å². The van der Waals surface area contributed by atoms with Crippen molar-refractivity contribution in [3.63, 3.8) is 0 Å². The van der Waals surface area contributed by atoms with Crippen LogP contribution in [0, 0.1) is 24.0 Å². The van der Waals surface area contributed by atoms with Crippen LogP contribution in [0.1, 0.15) is 11.1 Å². The van der Waals surface area contributed by atoms with Crippen LogP contribution in [-0.4, -0.2) is 14.9 Å². The number of aryl methyl sites for hydroxylation is 2. The van der Waals surface area contributed by atoms with Crippen LogP contribution in [0.4, 0.5) is 5.69 Å². The average Bonchev–Trinajstić information content (AvgIpc) is 2.36. The molecule has 0 aliphatic heterocycles. The van der Waals surface area contributed by atoms with E-state index < -0.39 is 4.92 Å². The summed E-state index contributed by atoms with van der Waals surface area (Å²) in [4.78, 5) is 18.3. The molecule has 6 nitrogen and oxygen atoms in total. The maximum Gasteiger partial charge on any atom is 0.313 e. The molecule has 0 aliphatic rings. The minimum Gasteiger partial charge on any atom is -0.431 e. The van der Waals surface area contributed by atoms with E-state index in [1.807, 2.05) is 0 Å². The normalized spacial score (nSPS) is 10.4. The Bertz CT molecular complexity index is 694. The van der Waals surface area contributed by atoms with Crippen molar-refractivity contribution in [2.24, 2.45) is 0 Å². The monoisotopic (exact) mass is 357 g/mol. The summed E-state index contributed by atoms with van der Waals surface area (Å²) in [6.07, 6.45) is 1.49. The topological polar surface area (TPSA) is 78.2 Å². The Balaban J connectivity index is 2.53. The highest BCUT2D eigenvalue weighted by molar-refractivity contribution is 9.10. The van der Waals surface area contributed by atoms with Gasteiger partial charge in [-0.25, -0.2) is 4.98 Å². The highest BCUT2D eigenvalue weighted by Crippen LogP contribution is 2.37. The van der Waals surface area contributed by atoms with Gasteiger partial charge in [-0.05, 0) is 31.5 Å². The van der Waals surface area contributed by atoms with Crippen molar-refractivity contribution in [2.45, 2.75) is 13.8 Å². The Morgan fingerprint density at radius 2 is 2.05 bits per heavy atom. The molecule has 104 valence electrons. The Labute approximate surface area is 128 Å². The van der Waals surface area contributed by atoms with E-state index in [4.69, 9.17) is 16.3 Å². The van der Waals surface area contributed by atoms with Crippen molar-refractivity contribution in [1.29, 1.82) is 0 Å². The van der Waals surface area contributed by atoms with Gasteiger partial charge in [-0.2, -0.15) is 4.98 Å². The van der Waals surface area contributed by atoms with E-state index in [-0.39, 0.29) is 22.6 Å². The van der Waals surface area contributed by atoms with Crippen LogP contribution >= 0.6 is 27.5 Å². The van der Waals surface area contributed by atoms with Gasteiger partial charge >= 0.3 is 5.69 Å². The number of benzene rings is 1. The molecule has 0 spiro atoms. The number of nitro groups is 1. The van der Waals surface area contributed by atoms with Crippen molar-refractivity contribution >= 4 is 33.2 Å². The van der Waals surface area contributed by atoms with E-state index in [0.29, 0.717) is 15.6 Å². The number of halogens is 2. The first-order valence-electron chi connectivity index (χ1n) is 5.50. The summed E-state index contributed by atoms with van der Waals surface area (Å²) in [5.74, 6) is 0.328. The molecule has 1 heterocycles. The highest BCUT2D eigenvalue weighted by Gasteiger charge is 2.21. The smallest absolute Gasteiger partial charge is 0.313 e. The Morgan fingerprint density at radius 3 is 2.70 bits per heavy atom. The predicted molar refractivity (Wildman–Crippen MR) is 77.4 cm³/mol. The first-order chi connectivity index (χ1) is 9.38. The minimum atomic E-state index is -0.509.